The molecule has 2 aromatic carbocycles. The molecule has 0 aliphatic carbocycles. The molecule has 3 rings (SSSR count). The number of hydrogen-bond acceptors (Lipinski definition) is 4. The minimum atomic E-state index is -0.349. The lowest BCUT2D eigenvalue weighted by Crippen LogP contribution is -2.29. The van der Waals surface area contributed by atoms with Gasteiger partial charge in [-0.25, -0.2) is 0 Å². The molecule has 2 aromatic rings. The Bertz CT molecular complexity index is 696. The van der Waals surface area contributed by atoms with Crippen molar-refractivity contribution in [3.05, 3.63) is 75.8 Å². The summed E-state index contributed by atoms with van der Waals surface area (Å²) in [6.07, 6.45) is 0. The van der Waals surface area contributed by atoms with Gasteiger partial charge in [0, 0.05) is 43.2 Å². The first-order chi connectivity index (χ1) is 11.1. The average molecular weight is 348 g/mol. The van der Waals surface area contributed by atoms with Gasteiger partial charge in [-0.3, -0.25) is 15.0 Å². The summed E-state index contributed by atoms with van der Waals surface area (Å²) < 4.78 is 0. The largest absolute Gasteiger partial charge is 0.326 e. The lowest BCUT2D eigenvalue weighted by Gasteiger charge is -2.24. The summed E-state index contributed by atoms with van der Waals surface area (Å²) in [6.45, 7) is 3.75. The van der Waals surface area contributed by atoms with Crippen LogP contribution in [0.3, 0.4) is 0 Å². The number of non-ortho nitro benzene ring substituents is 1. The van der Waals surface area contributed by atoms with Crippen LogP contribution in [0, 0.1) is 10.1 Å². The lowest BCUT2D eigenvalue weighted by molar-refractivity contribution is -0.384. The Kier molecular flexibility index (Phi) is 5.94. The van der Waals surface area contributed by atoms with E-state index in [9.17, 15) is 10.1 Å². The van der Waals surface area contributed by atoms with Gasteiger partial charge in [0.25, 0.3) is 5.69 Å². The van der Waals surface area contributed by atoms with Crippen molar-refractivity contribution < 1.29 is 4.92 Å². The molecule has 1 aliphatic heterocycles. The molecule has 1 unspecified atom stereocenters. The Morgan fingerprint density at radius 3 is 2.54 bits per heavy atom. The van der Waals surface area contributed by atoms with Crippen LogP contribution in [-0.4, -0.2) is 29.0 Å². The van der Waals surface area contributed by atoms with Gasteiger partial charge < -0.3 is 5.73 Å². The third kappa shape index (κ3) is 3.75. The summed E-state index contributed by atoms with van der Waals surface area (Å²) in [5, 5.41) is 11.0. The van der Waals surface area contributed by atoms with Crippen molar-refractivity contribution >= 4 is 18.1 Å². The monoisotopic (exact) mass is 347 g/mol. The molecular weight excluding hydrogens is 326 g/mol. The van der Waals surface area contributed by atoms with Gasteiger partial charge in [0.15, 0.2) is 0 Å². The number of nitro groups is 1. The molecule has 3 atom stereocenters. The van der Waals surface area contributed by atoms with E-state index in [1.54, 1.807) is 12.1 Å². The van der Waals surface area contributed by atoms with Crippen LogP contribution in [0.4, 0.5) is 5.69 Å². The van der Waals surface area contributed by atoms with E-state index in [1.807, 2.05) is 24.3 Å². The van der Waals surface area contributed by atoms with Gasteiger partial charge >= 0.3 is 0 Å². The highest BCUT2D eigenvalue weighted by Gasteiger charge is 2.34. The second-order valence-electron chi connectivity index (χ2n) is 6.16. The zero-order valence-corrected chi connectivity index (χ0v) is 14.4. The fraction of sp³-hybridized carbons (Fsp3) is 0.333. The van der Waals surface area contributed by atoms with Crippen molar-refractivity contribution in [2.24, 2.45) is 5.73 Å². The summed E-state index contributed by atoms with van der Waals surface area (Å²) in [5.74, 6) is 0.303. The molecule has 0 radical (unpaired) electrons. The van der Waals surface area contributed by atoms with Crippen LogP contribution in [0.5, 0.6) is 0 Å². The van der Waals surface area contributed by atoms with Gasteiger partial charge in [-0.05, 0) is 18.1 Å². The van der Waals surface area contributed by atoms with E-state index in [-0.39, 0.29) is 35.1 Å². The fourth-order valence-electron chi connectivity index (χ4n) is 3.34. The summed E-state index contributed by atoms with van der Waals surface area (Å²) in [5.41, 5.74) is 8.70. The molecule has 0 bridgehead atoms. The molecule has 1 aliphatic rings. The second kappa shape index (κ2) is 7.75. The number of benzene rings is 2. The van der Waals surface area contributed by atoms with Crippen molar-refractivity contribution in [3.8, 4) is 0 Å². The van der Waals surface area contributed by atoms with E-state index in [2.05, 4.69) is 24.0 Å². The summed E-state index contributed by atoms with van der Waals surface area (Å²) in [4.78, 5) is 12.9. The number of likely N-dealkylation sites (tertiary alicyclic amines) is 1. The minimum absolute atomic E-state index is 0. The maximum Gasteiger partial charge on any atom is 0.269 e. The van der Waals surface area contributed by atoms with E-state index in [0.29, 0.717) is 5.92 Å². The third-order valence-corrected chi connectivity index (χ3v) is 4.73. The Labute approximate surface area is 148 Å². The van der Waals surface area contributed by atoms with Crippen LogP contribution in [0.25, 0.3) is 0 Å². The Balaban J connectivity index is 0.00000208. The molecule has 128 valence electrons. The van der Waals surface area contributed by atoms with Crippen LogP contribution in [0.15, 0.2) is 54.6 Å². The molecule has 0 aromatic heterocycles. The van der Waals surface area contributed by atoms with Gasteiger partial charge in [0.1, 0.15) is 0 Å². The first-order valence-corrected chi connectivity index (χ1v) is 7.85. The minimum Gasteiger partial charge on any atom is -0.326 e. The van der Waals surface area contributed by atoms with Gasteiger partial charge in [-0.1, -0.05) is 42.5 Å². The van der Waals surface area contributed by atoms with E-state index < -0.39 is 0 Å². The molecule has 0 spiro atoms. The van der Waals surface area contributed by atoms with E-state index in [4.69, 9.17) is 5.73 Å². The maximum atomic E-state index is 11.0. The zero-order chi connectivity index (χ0) is 16.4. The standard InChI is InChI=1S/C18H21N3O2.ClH/c1-13(15-8-5-9-16(10-15)21(22)23)20-11-17(18(19)12-20)14-6-3-2-4-7-14;/h2-10,13,17-18H,11-12,19H2,1H3;1H/t13?,17-,18+;/m0./s1. The molecule has 24 heavy (non-hydrogen) atoms. The summed E-state index contributed by atoms with van der Waals surface area (Å²) >= 11 is 0. The predicted molar refractivity (Wildman–Crippen MR) is 97.5 cm³/mol. The van der Waals surface area contributed by atoms with Crippen molar-refractivity contribution in [3.63, 3.8) is 0 Å². The number of rotatable bonds is 4. The van der Waals surface area contributed by atoms with Crippen molar-refractivity contribution in [2.45, 2.75) is 24.9 Å². The molecule has 5 nitrogen and oxygen atoms in total. The number of nitrogens with zero attached hydrogens (tertiary/aromatic N) is 2. The van der Waals surface area contributed by atoms with E-state index in [0.717, 1.165) is 18.7 Å². The van der Waals surface area contributed by atoms with Crippen LogP contribution < -0.4 is 5.73 Å². The van der Waals surface area contributed by atoms with Crippen molar-refractivity contribution in [1.29, 1.82) is 0 Å². The molecule has 6 heteroatoms. The zero-order valence-electron chi connectivity index (χ0n) is 13.5. The maximum absolute atomic E-state index is 11.0. The average Bonchev–Trinajstić information content (AvgIpc) is 2.97. The number of nitro benzene ring substituents is 1. The Hall–Kier alpha value is -1.95. The second-order valence-corrected chi connectivity index (χ2v) is 6.16. The van der Waals surface area contributed by atoms with E-state index in [1.165, 1.54) is 11.6 Å². The summed E-state index contributed by atoms with van der Waals surface area (Å²) in [7, 11) is 0. The van der Waals surface area contributed by atoms with Gasteiger partial charge in [-0.2, -0.15) is 0 Å². The van der Waals surface area contributed by atoms with Gasteiger partial charge in [0.2, 0.25) is 0 Å². The predicted octanol–water partition coefficient (Wildman–Crippen LogP) is 3.50. The quantitative estimate of drug-likeness (QED) is 0.678. The van der Waals surface area contributed by atoms with Crippen LogP contribution >= 0.6 is 12.4 Å². The Morgan fingerprint density at radius 1 is 1.17 bits per heavy atom. The SMILES string of the molecule is CC(c1cccc([N+](=O)[O-])c1)N1C[C@@H](N)[C@H](c2ccccc2)C1.Cl. The Morgan fingerprint density at radius 2 is 1.88 bits per heavy atom. The van der Waals surface area contributed by atoms with Crippen molar-refractivity contribution in [2.75, 3.05) is 13.1 Å². The fourth-order valence-corrected chi connectivity index (χ4v) is 3.34. The normalized spacial score (nSPS) is 21.9. The van der Waals surface area contributed by atoms with Crippen LogP contribution in [0.2, 0.25) is 0 Å². The number of halogens is 1. The summed E-state index contributed by atoms with van der Waals surface area (Å²) in [6, 6.07) is 17.4. The highest BCUT2D eigenvalue weighted by Crippen LogP contribution is 2.33. The third-order valence-electron chi connectivity index (χ3n) is 4.73. The van der Waals surface area contributed by atoms with Gasteiger partial charge in [0.05, 0.1) is 4.92 Å². The molecule has 0 amide bonds. The van der Waals surface area contributed by atoms with Crippen LogP contribution in [-0.2, 0) is 0 Å². The molecule has 1 fully saturated rings. The topological polar surface area (TPSA) is 72.4 Å². The van der Waals surface area contributed by atoms with Crippen LogP contribution in [0.1, 0.15) is 30.0 Å². The lowest BCUT2D eigenvalue weighted by atomic mass is 9.95. The smallest absolute Gasteiger partial charge is 0.269 e. The molecular formula is C18H22ClN3O2. The molecule has 1 heterocycles. The highest BCUT2D eigenvalue weighted by atomic mass is 35.5. The van der Waals surface area contributed by atoms with E-state index >= 15 is 0 Å². The van der Waals surface area contributed by atoms with Crippen molar-refractivity contribution in [1.82, 2.24) is 4.90 Å². The molecule has 2 N–H and O–H groups in total. The molecule has 1 saturated heterocycles. The number of hydrogen-bond donors (Lipinski definition) is 1. The highest BCUT2D eigenvalue weighted by molar-refractivity contribution is 5.85. The van der Waals surface area contributed by atoms with Gasteiger partial charge in [-0.15, -0.1) is 12.4 Å². The first kappa shape index (κ1) is 18.4. The number of nitrogens with two attached hydrogens (primary N) is 1. The first-order valence-electron chi connectivity index (χ1n) is 7.85. The molecule has 0 saturated carbocycles.